The van der Waals surface area contributed by atoms with Crippen molar-refractivity contribution in [1.82, 2.24) is 4.31 Å². The first-order valence-corrected chi connectivity index (χ1v) is 10.7. The topological polar surface area (TPSA) is 49.4 Å². The van der Waals surface area contributed by atoms with Crippen LogP contribution in [0, 0.1) is 5.92 Å². The van der Waals surface area contributed by atoms with Crippen molar-refractivity contribution in [3.05, 3.63) is 64.7 Å². The summed E-state index contributed by atoms with van der Waals surface area (Å²) in [5, 5.41) is 3.64. The van der Waals surface area contributed by atoms with Gasteiger partial charge in [0, 0.05) is 25.3 Å². The van der Waals surface area contributed by atoms with Gasteiger partial charge in [-0.2, -0.15) is 4.31 Å². The van der Waals surface area contributed by atoms with Crippen LogP contribution in [0.5, 0.6) is 0 Å². The lowest BCUT2D eigenvalue weighted by Gasteiger charge is -2.28. The van der Waals surface area contributed by atoms with E-state index in [0.717, 1.165) is 31.4 Å². The van der Waals surface area contributed by atoms with Crippen LogP contribution >= 0.6 is 0 Å². The van der Waals surface area contributed by atoms with Crippen LogP contribution in [-0.2, 0) is 35.8 Å². The summed E-state index contributed by atoms with van der Waals surface area (Å²) in [4.78, 5) is 0. The first kappa shape index (κ1) is 16.6. The molecule has 2 aliphatic rings. The predicted molar refractivity (Wildman–Crippen MR) is 101 cm³/mol. The van der Waals surface area contributed by atoms with Gasteiger partial charge in [0.2, 0.25) is 10.0 Å². The fourth-order valence-electron chi connectivity index (χ4n) is 4.08. The number of nitrogens with one attached hydrogen (secondary N) is 1. The van der Waals surface area contributed by atoms with Gasteiger partial charge in [0.1, 0.15) is 0 Å². The van der Waals surface area contributed by atoms with Gasteiger partial charge in [0.25, 0.3) is 0 Å². The number of benzene rings is 2. The highest BCUT2D eigenvalue weighted by atomic mass is 32.2. The van der Waals surface area contributed by atoms with Gasteiger partial charge in [0.05, 0.1) is 6.26 Å². The van der Waals surface area contributed by atoms with E-state index in [9.17, 15) is 8.42 Å². The number of anilines is 1. The van der Waals surface area contributed by atoms with Crippen LogP contribution in [0.15, 0.2) is 42.5 Å². The molecule has 4 rings (SSSR count). The highest BCUT2D eigenvalue weighted by molar-refractivity contribution is 7.88. The van der Waals surface area contributed by atoms with Gasteiger partial charge >= 0.3 is 0 Å². The Balaban J connectivity index is 1.45. The van der Waals surface area contributed by atoms with Crippen molar-refractivity contribution >= 4 is 15.7 Å². The average Bonchev–Trinajstić information content (AvgIpc) is 3.01. The minimum Gasteiger partial charge on any atom is -0.385 e. The zero-order valence-corrected chi connectivity index (χ0v) is 15.3. The summed E-state index contributed by atoms with van der Waals surface area (Å²) in [5.41, 5.74) is 6.53. The Morgan fingerprint density at radius 1 is 1.04 bits per heavy atom. The summed E-state index contributed by atoms with van der Waals surface area (Å²) < 4.78 is 25.2. The Hall–Kier alpha value is -1.85. The second kappa shape index (κ2) is 6.46. The largest absolute Gasteiger partial charge is 0.385 e. The van der Waals surface area contributed by atoms with Crippen LogP contribution in [0.3, 0.4) is 0 Å². The van der Waals surface area contributed by atoms with Crippen molar-refractivity contribution < 1.29 is 8.42 Å². The highest BCUT2D eigenvalue weighted by Gasteiger charge is 2.25. The molecule has 0 radical (unpaired) electrons. The standard InChI is InChI=1S/C20H24N2O2S/c1-25(23,24)22-10-9-19-18(14-22)7-4-8-20(19)21-13-15-11-16-5-2-3-6-17(16)12-15/h2-8,15,21H,9-14H2,1H3. The monoisotopic (exact) mass is 356 g/mol. The van der Waals surface area contributed by atoms with E-state index < -0.39 is 10.0 Å². The van der Waals surface area contributed by atoms with E-state index in [1.54, 1.807) is 4.31 Å². The van der Waals surface area contributed by atoms with Gasteiger partial charge < -0.3 is 5.32 Å². The molecule has 0 spiro atoms. The minimum atomic E-state index is -3.12. The SMILES string of the molecule is CS(=O)(=O)N1CCc2c(cccc2NCC2Cc3ccccc3C2)C1. The molecule has 4 nitrogen and oxygen atoms in total. The molecule has 1 heterocycles. The lowest BCUT2D eigenvalue weighted by Crippen LogP contribution is -2.35. The molecule has 1 N–H and O–H groups in total. The maximum atomic E-state index is 11.8. The molecule has 2 aromatic rings. The van der Waals surface area contributed by atoms with Crippen LogP contribution < -0.4 is 5.32 Å². The van der Waals surface area contributed by atoms with Crippen LogP contribution in [0.4, 0.5) is 5.69 Å². The smallest absolute Gasteiger partial charge is 0.211 e. The second-order valence-corrected chi connectivity index (χ2v) is 9.20. The number of rotatable bonds is 4. The molecule has 1 aliphatic carbocycles. The quantitative estimate of drug-likeness (QED) is 0.916. The summed E-state index contributed by atoms with van der Waals surface area (Å²) in [6, 6.07) is 14.9. The summed E-state index contributed by atoms with van der Waals surface area (Å²) in [6.07, 6.45) is 4.34. The molecule has 0 bridgehead atoms. The molecule has 0 fully saturated rings. The van der Waals surface area contributed by atoms with Gasteiger partial charge in [-0.3, -0.25) is 0 Å². The molecule has 5 heteroatoms. The zero-order chi connectivity index (χ0) is 17.4. The maximum Gasteiger partial charge on any atom is 0.211 e. The molecular formula is C20H24N2O2S. The lowest BCUT2D eigenvalue weighted by molar-refractivity contribution is 0.395. The molecule has 0 atom stereocenters. The first-order chi connectivity index (χ1) is 12.0. The van der Waals surface area contributed by atoms with Crippen molar-refractivity contribution in [3.63, 3.8) is 0 Å². The lowest BCUT2D eigenvalue weighted by atomic mass is 9.98. The van der Waals surface area contributed by atoms with E-state index in [2.05, 4.69) is 35.6 Å². The van der Waals surface area contributed by atoms with Crippen molar-refractivity contribution in [2.75, 3.05) is 24.7 Å². The molecule has 1 aliphatic heterocycles. The number of fused-ring (bicyclic) bond motifs is 2. The molecular weight excluding hydrogens is 332 g/mol. The molecule has 2 aromatic carbocycles. The Labute approximate surface area is 149 Å². The van der Waals surface area contributed by atoms with Gasteiger partial charge in [0.15, 0.2) is 0 Å². The van der Waals surface area contributed by atoms with Crippen molar-refractivity contribution in [1.29, 1.82) is 0 Å². The predicted octanol–water partition coefficient (Wildman–Crippen LogP) is 2.83. The molecule has 0 unspecified atom stereocenters. The zero-order valence-electron chi connectivity index (χ0n) is 14.5. The van der Waals surface area contributed by atoms with Crippen LogP contribution in [-0.4, -0.2) is 32.1 Å². The fraction of sp³-hybridized carbons (Fsp3) is 0.400. The van der Waals surface area contributed by atoms with Crippen LogP contribution in [0.2, 0.25) is 0 Å². The second-order valence-electron chi connectivity index (χ2n) is 7.21. The van der Waals surface area contributed by atoms with Crippen LogP contribution in [0.25, 0.3) is 0 Å². The summed E-state index contributed by atoms with van der Waals surface area (Å²) in [6.45, 7) is 2.01. The first-order valence-electron chi connectivity index (χ1n) is 8.87. The van der Waals surface area contributed by atoms with E-state index in [-0.39, 0.29) is 0 Å². The summed E-state index contributed by atoms with van der Waals surface area (Å²) in [5.74, 6) is 0.629. The van der Waals surface area contributed by atoms with E-state index in [0.29, 0.717) is 19.0 Å². The Morgan fingerprint density at radius 3 is 2.40 bits per heavy atom. The van der Waals surface area contributed by atoms with Crippen LogP contribution in [0.1, 0.15) is 22.3 Å². The van der Waals surface area contributed by atoms with E-state index in [1.807, 2.05) is 12.1 Å². The van der Waals surface area contributed by atoms with Gasteiger partial charge in [-0.1, -0.05) is 36.4 Å². The minimum absolute atomic E-state index is 0.485. The van der Waals surface area contributed by atoms with Gasteiger partial charge in [-0.15, -0.1) is 0 Å². The van der Waals surface area contributed by atoms with E-state index >= 15 is 0 Å². The van der Waals surface area contributed by atoms with Crippen molar-refractivity contribution in [3.8, 4) is 0 Å². The molecule has 0 saturated carbocycles. The number of nitrogens with zero attached hydrogens (tertiary/aromatic N) is 1. The summed E-state index contributed by atoms with van der Waals surface area (Å²) in [7, 11) is -3.12. The Morgan fingerprint density at radius 2 is 1.72 bits per heavy atom. The van der Waals surface area contributed by atoms with E-state index in [4.69, 9.17) is 0 Å². The fourth-order valence-corrected chi connectivity index (χ4v) is 4.88. The van der Waals surface area contributed by atoms with Crippen molar-refractivity contribution in [2.45, 2.75) is 25.8 Å². The molecule has 0 amide bonds. The summed E-state index contributed by atoms with van der Waals surface area (Å²) >= 11 is 0. The highest BCUT2D eigenvalue weighted by Crippen LogP contribution is 2.30. The normalized spacial score (nSPS) is 18.0. The third kappa shape index (κ3) is 3.44. The van der Waals surface area contributed by atoms with E-state index in [1.165, 1.54) is 28.6 Å². The van der Waals surface area contributed by atoms with Gasteiger partial charge in [-0.05, 0) is 53.5 Å². The number of hydrogen-bond donors (Lipinski definition) is 1. The number of hydrogen-bond acceptors (Lipinski definition) is 3. The molecule has 132 valence electrons. The van der Waals surface area contributed by atoms with Crippen molar-refractivity contribution in [2.24, 2.45) is 5.92 Å². The Bertz CT molecular complexity index is 867. The molecule has 0 saturated heterocycles. The average molecular weight is 356 g/mol. The molecule has 0 aromatic heterocycles. The number of sulfonamides is 1. The third-order valence-corrected chi connectivity index (χ3v) is 6.67. The van der Waals surface area contributed by atoms with Gasteiger partial charge in [-0.25, -0.2) is 8.42 Å². The molecule has 25 heavy (non-hydrogen) atoms. The Kier molecular flexibility index (Phi) is 4.29. The maximum absolute atomic E-state index is 11.8. The third-order valence-electron chi connectivity index (χ3n) is 5.42.